The lowest BCUT2D eigenvalue weighted by Gasteiger charge is -2.37. The summed E-state index contributed by atoms with van der Waals surface area (Å²) in [6, 6.07) is 15.1. The van der Waals surface area contributed by atoms with Crippen LogP contribution in [0.25, 0.3) is 10.1 Å². The molecule has 3 heterocycles. The van der Waals surface area contributed by atoms with Crippen molar-refractivity contribution >= 4 is 38.7 Å². The predicted molar refractivity (Wildman–Crippen MR) is 136 cm³/mol. The number of thiophene rings is 1. The van der Waals surface area contributed by atoms with Crippen LogP contribution in [0.5, 0.6) is 0 Å². The van der Waals surface area contributed by atoms with Gasteiger partial charge in [0.1, 0.15) is 0 Å². The van der Waals surface area contributed by atoms with Crippen LogP contribution in [0.1, 0.15) is 20.8 Å². The summed E-state index contributed by atoms with van der Waals surface area (Å²) in [7, 11) is 2.18. The lowest BCUT2D eigenvalue weighted by atomic mass is 10.1. The predicted octanol–water partition coefficient (Wildman–Crippen LogP) is 4.23. The van der Waals surface area contributed by atoms with Gasteiger partial charge in [0.2, 0.25) is 0 Å². The van der Waals surface area contributed by atoms with Crippen LogP contribution in [-0.4, -0.2) is 75.1 Å². The normalized spacial score (nSPS) is 17.9. The Kier molecular flexibility index (Phi) is 5.82. The standard InChI is InChI=1S/C26H32N4OS/c1-19-6-4-7-22(20(19)2)28-14-16-30(17-15-28)26(31)25-18-21-23(8-5-9-24(21)32-25)29-12-10-27(3)11-13-29/h4-9,18H,10-17H2,1-3H3. The Morgan fingerprint density at radius 1 is 0.812 bits per heavy atom. The van der Waals surface area contributed by atoms with Gasteiger partial charge in [0, 0.05) is 73.8 Å². The number of nitrogens with zero attached hydrogens (tertiary/aromatic N) is 4. The largest absolute Gasteiger partial charge is 0.368 e. The molecule has 3 aromatic rings. The lowest BCUT2D eigenvalue weighted by Crippen LogP contribution is -2.48. The van der Waals surface area contributed by atoms with Crippen LogP contribution >= 0.6 is 11.3 Å². The molecule has 2 fully saturated rings. The highest BCUT2D eigenvalue weighted by Gasteiger charge is 2.25. The SMILES string of the molecule is Cc1cccc(N2CCN(C(=O)c3cc4c(N5CCN(C)CC5)cccc4s3)CC2)c1C. The molecule has 2 saturated heterocycles. The zero-order valence-electron chi connectivity index (χ0n) is 19.3. The second kappa shape index (κ2) is 8.75. The quantitative estimate of drug-likeness (QED) is 0.600. The van der Waals surface area contributed by atoms with E-state index in [1.165, 1.54) is 32.6 Å². The van der Waals surface area contributed by atoms with Gasteiger partial charge in [-0.2, -0.15) is 0 Å². The molecule has 1 amide bonds. The van der Waals surface area contributed by atoms with Crippen LogP contribution in [0.4, 0.5) is 11.4 Å². The third kappa shape index (κ3) is 3.97. The van der Waals surface area contributed by atoms with Crippen molar-refractivity contribution in [1.29, 1.82) is 0 Å². The molecule has 2 aromatic carbocycles. The fourth-order valence-corrected chi connectivity index (χ4v) is 5.91. The van der Waals surface area contributed by atoms with Gasteiger partial charge in [0.15, 0.2) is 0 Å². The molecule has 5 rings (SSSR count). The number of rotatable bonds is 3. The van der Waals surface area contributed by atoms with Crippen molar-refractivity contribution < 1.29 is 4.79 Å². The number of aryl methyl sites for hydroxylation is 1. The molecule has 5 nitrogen and oxygen atoms in total. The second-order valence-corrected chi connectivity index (χ2v) is 10.2. The summed E-state index contributed by atoms with van der Waals surface area (Å²) in [5, 5.41) is 1.22. The highest BCUT2D eigenvalue weighted by atomic mass is 32.1. The van der Waals surface area contributed by atoms with E-state index in [1.54, 1.807) is 11.3 Å². The van der Waals surface area contributed by atoms with E-state index in [4.69, 9.17) is 0 Å². The molecule has 2 aliphatic rings. The van der Waals surface area contributed by atoms with Gasteiger partial charge in [0.25, 0.3) is 5.91 Å². The van der Waals surface area contributed by atoms with Crippen molar-refractivity contribution in [3.05, 3.63) is 58.5 Å². The third-order valence-electron chi connectivity index (χ3n) is 7.08. The number of benzene rings is 2. The monoisotopic (exact) mass is 448 g/mol. The van der Waals surface area contributed by atoms with Crippen LogP contribution in [0.2, 0.25) is 0 Å². The highest BCUT2D eigenvalue weighted by molar-refractivity contribution is 7.20. The van der Waals surface area contributed by atoms with Gasteiger partial charge >= 0.3 is 0 Å². The Labute approximate surface area is 194 Å². The van der Waals surface area contributed by atoms with E-state index in [1.807, 2.05) is 4.90 Å². The zero-order valence-corrected chi connectivity index (χ0v) is 20.1. The number of carbonyl (C=O) groups excluding carboxylic acids is 1. The smallest absolute Gasteiger partial charge is 0.264 e. The number of fused-ring (bicyclic) bond motifs is 1. The topological polar surface area (TPSA) is 30.0 Å². The molecule has 6 heteroatoms. The molecule has 2 aliphatic heterocycles. The highest BCUT2D eigenvalue weighted by Crippen LogP contribution is 2.35. The minimum Gasteiger partial charge on any atom is -0.368 e. The van der Waals surface area contributed by atoms with Gasteiger partial charge in [0.05, 0.1) is 4.88 Å². The lowest BCUT2D eigenvalue weighted by molar-refractivity contribution is 0.0751. The Balaban J connectivity index is 1.31. The molecular formula is C26H32N4OS. The molecular weight excluding hydrogens is 416 g/mol. The van der Waals surface area contributed by atoms with Gasteiger partial charge in [-0.3, -0.25) is 4.79 Å². The minimum atomic E-state index is 0.177. The molecule has 0 radical (unpaired) electrons. The molecule has 0 saturated carbocycles. The van der Waals surface area contributed by atoms with Crippen LogP contribution in [0, 0.1) is 13.8 Å². The van der Waals surface area contributed by atoms with Gasteiger partial charge in [-0.1, -0.05) is 18.2 Å². The Bertz CT molecular complexity index is 1120. The van der Waals surface area contributed by atoms with Crippen LogP contribution < -0.4 is 9.80 Å². The molecule has 0 unspecified atom stereocenters. The number of likely N-dealkylation sites (N-methyl/N-ethyl adjacent to an activating group) is 1. The third-order valence-corrected chi connectivity index (χ3v) is 8.17. The van der Waals surface area contributed by atoms with Crippen molar-refractivity contribution in [2.24, 2.45) is 0 Å². The Morgan fingerprint density at radius 3 is 2.19 bits per heavy atom. The number of hydrogen-bond acceptors (Lipinski definition) is 5. The first-order valence-electron chi connectivity index (χ1n) is 11.6. The van der Waals surface area contributed by atoms with E-state index < -0.39 is 0 Å². The summed E-state index contributed by atoms with van der Waals surface area (Å²) >= 11 is 1.64. The first kappa shape index (κ1) is 21.3. The Morgan fingerprint density at radius 2 is 1.44 bits per heavy atom. The molecule has 0 N–H and O–H groups in total. The van der Waals surface area contributed by atoms with E-state index in [0.717, 1.165) is 57.2 Å². The maximum Gasteiger partial charge on any atom is 0.264 e. The van der Waals surface area contributed by atoms with Crippen molar-refractivity contribution in [3.8, 4) is 0 Å². The fourth-order valence-electron chi connectivity index (χ4n) is 4.86. The average Bonchev–Trinajstić information content (AvgIpc) is 3.26. The van der Waals surface area contributed by atoms with E-state index >= 15 is 0 Å². The molecule has 0 spiro atoms. The van der Waals surface area contributed by atoms with Gasteiger partial charge in [-0.05, 0) is 56.3 Å². The number of amides is 1. The first-order valence-corrected chi connectivity index (χ1v) is 12.4. The van der Waals surface area contributed by atoms with E-state index in [0.29, 0.717) is 0 Å². The van der Waals surface area contributed by atoms with E-state index in [9.17, 15) is 4.79 Å². The van der Waals surface area contributed by atoms with Crippen molar-refractivity contribution in [2.45, 2.75) is 13.8 Å². The average molecular weight is 449 g/mol. The number of anilines is 2. The van der Waals surface area contributed by atoms with Crippen LogP contribution in [0.3, 0.4) is 0 Å². The van der Waals surface area contributed by atoms with Gasteiger partial charge in [-0.15, -0.1) is 11.3 Å². The first-order chi connectivity index (χ1) is 15.5. The van der Waals surface area contributed by atoms with Crippen molar-refractivity contribution in [2.75, 3.05) is 69.2 Å². The molecule has 0 bridgehead atoms. The Hall–Kier alpha value is -2.57. The van der Waals surface area contributed by atoms with Crippen LogP contribution in [0.15, 0.2) is 42.5 Å². The summed E-state index contributed by atoms with van der Waals surface area (Å²) in [4.78, 5) is 23.5. The number of hydrogen-bond donors (Lipinski definition) is 0. The zero-order chi connectivity index (χ0) is 22.2. The van der Waals surface area contributed by atoms with Gasteiger partial charge in [-0.25, -0.2) is 0 Å². The maximum absolute atomic E-state index is 13.4. The number of piperazine rings is 2. The maximum atomic E-state index is 13.4. The van der Waals surface area contributed by atoms with Crippen molar-refractivity contribution in [1.82, 2.24) is 9.80 Å². The summed E-state index contributed by atoms with van der Waals surface area (Å²) in [6.45, 7) is 11.9. The number of carbonyl (C=O) groups is 1. The molecule has 168 valence electrons. The fraction of sp³-hybridized carbons (Fsp3) is 0.423. The summed E-state index contributed by atoms with van der Waals surface area (Å²) < 4.78 is 1.21. The van der Waals surface area contributed by atoms with E-state index in [2.05, 4.69) is 78.1 Å². The minimum absolute atomic E-state index is 0.177. The van der Waals surface area contributed by atoms with Gasteiger partial charge < -0.3 is 19.6 Å². The summed E-state index contributed by atoms with van der Waals surface area (Å²) in [5.41, 5.74) is 5.23. The van der Waals surface area contributed by atoms with Crippen molar-refractivity contribution in [3.63, 3.8) is 0 Å². The van der Waals surface area contributed by atoms with E-state index in [-0.39, 0.29) is 5.91 Å². The van der Waals surface area contributed by atoms with Crippen LogP contribution in [-0.2, 0) is 0 Å². The molecule has 1 aromatic heterocycles. The summed E-state index contributed by atoms with van der Waals surface area (Å²) in [6.07, 6.45) is 0. The molecule has 0 atom stereocenters. The molecule has 32 heavy (non-hydrogen) atoms. The molecule has 0 aliphatic carbocycles. The second-order valence-electron chi connectivity index (χ2n) is 9.09. The summed E-state index contributed by atoms with van der Waals surface area (Å²) in [5.74, 6) is 0.177.